The molecule has 5 heteroatoms. The van der Waals surface area contributed by atoms with Gasteiger partial charge in [0.1, 0.15) is 6.04 Å². The molecule has 2 aliphatic heterocycles. The summed E-state index contributed by atoms with van der Waals surface area (Å²) in [6.07, 6.45) is 9.70. The third-order valence-corrected chi connectivity index (χ3v) is 4.82. The van der Waals surface area contributed by atoms with Gasteiger partial charge in [0.2, 0.25) is 11.8 Å². The standard InChI is InChI=1S/C17H20N2O3/c1-3-17(2)8-6-11-10-19(16(22)12(11)7-9-17)13-4-5-14(20)18-15(13)21/h6-9,13H,3-5,10H2,1-2H3,(H,18,20,21). The molecule has 1 aliphatic carbocycles. The Morgan fingerprint density at radius 2 is 2.00 bits per heavy atom. The van der Waals surface area contributed by atoms with Gasteiger partial charge in [0.15, 0.2) is 0 Å². The molecular weight excluding hydrogens is 280 g/mol. The van der Waals surface area contributed by atoms with Gasteiger partial charge in [0.25, 0.3) is 5.91 Å². The highest BCUT2D eigenvalue weighted by Crippen LogP contribution is 2.33. The number of amides is 3. The normalized spacial score (nSPS) is 31.5. The van der Waals surface area contributed by atoms with Crippen molar-refractivity contribution >= 4 is 17.7 Å². The molecule has 1 N–H and O–H groups in total. The number of carbonyl (C=O) groups is 3. The number of carbonyl (C=O) groups excluding carboxylic acids is 3. The second kappa shape index (κ2) is 5.23. The van der Waals surface area contributed by atoms with Crippen molar-refractivity contribution in [1.82, 2.24) is 10.2 Å². The molecular formula is C17H20N2O3. The Morgan fingerprint density at radius 1 is 1.27 bits per heavy atom. The van der Waals surface area contributed by atoms with E-state index >= 15 is 0 Å². The summed E-state index contributed by atoms with van der Waals surface area (Å²) in [4.78, 5) is 37.4. The van der Waals surface area contributed by atoms with Gasteiger partial charge in [-0.3, -0.25) is 19.7 Å². The van der Waals surface area contributed by atoms with Crippen molar-refractivity contribution in [1.29, 1.82) is 0 Å². The fraction of sp³-hybridized carbons (Fsp3) is 0.471. The summed E-state index contributed by atoms with van der Waals surface area (Å²) in [6.45, 7) is 4.67. The summed E-state index contributed by atoms with van der Waals surface area (Å²) in [7, 11) is 0. The highest BCUT2D eigenvalue weighted by Gasteiger charge is 2.39. The highest BCUT2D eigenvalue weighted by molar-refractivity contribution is 6.06. The molecule has 1 fully saturated rings. The molecule has 22 heavy (non-hydrogen) atoms. The number of nitrogens with one attached hydrogen (secondary N) is 1. The first-order chi connectivity index (χ1) is 10.4. The van der Waals surface area contributed by atoms with Crippen molar-refractivity contribution in [3.05, 3.63) is 35.5 Å². The number of allylic oxidation sites excluding steroid dienone is 2. The van der Waals surface area contributed by atoms with Gasteiger partial charge in [0, 0.05) is 24.0 Å². The molecule has 0 aromatic carbocycles. The van der Waals surface area contributed by atoms with E-state index < -0.39 is 6.04 Å². The van der Waals surface area contributed by atoms with E-state index in [-0.39, 0.29) is 29.6 Å². The zero-order valence-corrected chi connectivity index (χ0v) is 12.9. The van der Waals surface area contributed by atoms with E-state index in [1.165, 1.54) is 0 Å². The molecule has 2 heterocycles. The van der Waals surface area contributed by atoms with E-state index in [0.29, 0.717) is 18.5 Å². The lowest BCUT2D eigenvalue weighted by atomic mass is 9.87. The molecule has 0 aromatic rings. The van der Waals surface area contributed by atoms with E-state index in [9.17, 15) is 14.4 Å². The van der Waals surface area contributed by atoms with Gasteiger partial charge in [-0.05, 0) is 18.4 Å². The molecule has 0 aromatic heterocycles. The lowest BCUT2D eigenvalue weighted by Crippen LogP contribution is -2.53. The Kier molecular flexibility index (Phi) is 3.51. The third-order valence-electron chi connectivity index (χ3n) is 4.82. The van der Waals surface area contributed by atoms with Crippen LogP contribution < -0.4 is 5.32 Å². The smallest absolute Gasteiger partial charge is 0.255 e. The summed E-state index contributed by atoms with van der Waals surface area (Å²) < 4.78 is 0. The summed E-state index contributed by atoms with van der Waals surface area (Å²) >= 11 is 0. The molecule has 3 amide bonds. The van der Waals surface area contributed by atoms with Crippen LogP contribution in [0.15, 0.2) is 35.5 Å². The number of rotatable bonds is 2. The van der Waals surface area contributed by atoms with E-state index in [4.69, 9.17) is 0 Å². The predicted molar refractivity (Wildman–Crippen MR) is 81.6 cm³/mol. The summed E-state index contributed by atoms with van der Waals surface area (Å²) in [5, 5.41) is 2.32. The molecule has 116 valence electrons. The monoisotopic (exact) mass is 300 g/mol. The average Bonchev–Trinajstić information content (AvgIpc) is 2.69. The molecule has 0 bridgehead atoms. The molecule has 0 radical (unpaired) electrons. The van der Waals surface area contributed by atoms with Gasteiger partial charge < -0.3 is 4.90 Å². The van der Waals surface area contributed by atoms with Crippen LogP contribution in [0.2, 0.25) is 0 Å². The minimum Gasteiger partial charge on any atom is -0.322 e. The number of nitrogens with zero attached hydrogens (tertiary/aromatic N) is 1. The summed E-state index contributed by atoms with van der Waals surface area (Å²) in [6, 6.07) is -0.545. The van der Waals surface area contributed by atoms with Crippen molar-refractivity contribution in [2.24, 2.45) is 5.41 Å². The van der Waals surface area contributed by atoms with Crippen LogP contribution in [0.3, 0.4) is 0 Å². The zero-order chi connectivity index (χ0) is 15.9. The average molecular weight is 300 g/mol. The van der Waals surface area contributed by atoms with Gasteiger partial charge in [0.05, 0.1) is 0 Å². The van der Waals surface area contributed by atoms with Crippen LogP contribution in [0.5, 0.6) is 0 Å². The van der Waals surface area contributed by atoms with Crippen molar-refractivity contribution in [3.63, 3.8) is 0 Å². The molecule has 0 spiro atoms. The number of hydrogen-bond donors (Lipinski definition) is 1. The van der Waals surface area contributed by atoms with Crippen molar-refractivity contribution in [2.75, 3.05) is 6.54 Å². The van der Waals surface area contributed by atoms with E-state index in [1.54, 1.807) is 4.90 Å². The molecule has 0 saturated carbocycles. The fourth-order valence-corrected chi connectivity index (χ4v) is 3.04. The largest absolute Gasteiger partial charge is 0.322 e. The Hall–Kier alpha value is -2.17. The topological polar surface area (TPSA) is 66.5 Å². The Labute approximate surface area is 129 Å². The van der Waals surface area contributed by atoms with E-state index in [2.05, 4.69) is 31.3 Å². The molecule has 2 unspecified atom stereocenters. The predicted octanol–water partition coefficient (Wildman–Crippen LogP) is 1.47. The van der Waals surface area contributed by atoms with Crippen LogP contribution in [-0.4, -0.2) is 35.2 Å². The SMILES string of the molecule is CCC1(C)C=CC2=C(C=C1)C(=O)N(C1CCC(=O)NC1=O)C2. The van der Waals surface area contributed by atoms with Crippen LogP contribution >= 0.6 is 0 Å². The second-order valence-electron chi connectivity index (χ2n) is 6.36. The molecule has 3 aliphatic rings. The minimum absolute atomic E-state index is 0.0376. The van der Waals surface area contributed by atoms with Crippen LogP contribution in [0.1, 0.15) is 33.1 Å². The maximum atomic E-state index is 12.6. The second-order valence-corrected chi connectivity index (χ2v) is 6.36. The lowest BCUT2D eigenvalue weighted by Gasteiger charge is -2.30. The van der Waals surface area contributed by atoms with E-state index in [1.807, 2.05) is 12.2 Å². The van der Waals surface area contributed by atoms with Crippen molar-refractivity contribution in [2.45, 2.75) is 39.2 Å². The summed E-state index contributed by atoms with van der Waals surface area (Å²) in [5.41, 5.74) is 1.57. The van der Waals surface area contributed by atoms with Gasteiger partial charge in [-0.2, -0.15) is 0 Å². The van der Waals surface area contributed by atoms with Gasteiger partial charge in [-0.15, -0.1) is 0 Å². The maximum Gasteiger partial charge on any atom is 0.255 e. The Morgan fingerprint density at radius 3 is 2.68 bits per heavy atom. The number of imide groups is 1. The first-order valence-electron chi connectivity index (χ1n) is 7.70. The van der Waals surface area contributed by atoms with Crippen molar-refractivity contribution in [3.8, 4) is 0 Å². The van der Waals surface area contributed by atoms with E-state index in [0.717, 1.165) is 12.0 Å². The Bertz CT molecular complexity index is 644. The minimum atomic E-state index is -0.545. The lowest BCUT2D eigenvalue weighted by molar-refractivity contribution is -0.142. The first kappa shape index (κ1) is 14.8. The van der Waals surface area contributed by atoms with Gasteiger partial charge in [-0.25, -0.2) is 0 Å². The quantitative estimate of drug-likeness (QED) is 0.785. The van der Waals surface area contributed by atoms with Crippen LogP contribution in [0, 0.1) is 5.41 Å². The number of piperidine rings is 1. The van der Waals surface area contributed by atoms with Gasteiger partial charge in [-0.1, -0.05) is 38.2 Å². The fourth-order valence-electron chi connectivity index (χ4n) is 3.04. The zero-order valence-electron chi connectivity index (χ0n) is 12.9. The van der Waals surface area contributed by atoms with Crippen molar-refractivity contribution < 1.29 is 14.4 Å². The maximum absolute atomic E-state index is 12.6. The first-order valence-corrected chi connectivity index (χ1v) is 7.70. The molecule has 3 rings (SSSR count). The summed E-state index contributed by atoms with van der Waals surface area (Å²) in [5.74, 6) is -0.750. The molecule has 5 nitrogen and oxygen atoms in total. The van der Waals surface area contributed by atoms with Crippen LogP contribution in [0.25, 0.3) is 0 Å². The highest BCUT2D eigenvalue weighted by atomic mass is 16.2. The Balaban J connectivity index is 1.82. The van der Waals surface area contributed by atoms with Crippen LogP contribution in [0.4, 0.5) is 0 Å². The van der Waals surface area contributed by atoms with Gasteiger partial charge >= 0.3 is 0 Å². The molecule has 1 saturated heterocycles. The molecule has 2 atom stereocenters. The number of hydrogen-bond acceptors (Lipinski definition) is 3. The third kappa shape index (κ3) is 2.40. The van der Waals surface area contributed by atoms with Crippen LogP contribution in [-0.2, 0) is 14.4 Å².